The Morgan fingerprint density at radius 3 is 2.61 bits per heavy atom. The van der Waals surface area contributed by atoms with Gasteiger partial charge in [-0.2, -0.15) is 0 Å². The number of ether oxygens (including phenoxy) is 1. The second-order valence-electron chi connectivity index (χ2n) is 6.27. The van der Waals surface area contributed by atoms with Crippen LogP contribution in [0.15, 0.2) is 24.3 Å². The summed E-state index contributed by atoms with van der Waals surface area (Å²) in [5.41, 5.74) is 0.944. The van der Waals surface area contributed by atoms with E-state index >= 15 is 0 Å². The van der Waals surface area contributed by atoms with Crippen LogP contribution in [0.4, 0.5) is 0 Å². The van der Waals surface area contributed by atoms with E-state index in [1.165, 1.54) is 0 Å². The highest BCUT2D eigenvalue weighted by molar-refractivity contribution is 6.30. The first-order valence-electron chi connectivity index (χ1n) is 7.78. The Labute approximate surface area is 141 Å². The summed E-state index contributed by atoms with van der Waals surface area (Å²) in [6, 6.07) is 7.39. The summed E-state index contributed by atoms with van der Waals surface area (Å²) in [5, 5.41) is 9.63. The van der Waals surface area contributed by atoms with Gasteiger partial charge in [0.15, 0.2) is 6.10 Å². The lowest BCUT2D eigenvalue weighted by atomic mass is 10.1. The van der Waals surface area contributed by atoms with Gasteiger partial charge >= 0.3 is 5.97 Å². The van der Waals surface area contributed by atoms with Crippen molar-refractivity contribution in [2.45, 2.75) is 45.4 Å². The van der Waals surface area contributed by atoms with Crippen molar-refractivity contribution in [2.24, 2.45) is 5.92 Å². The van der Waals surface area contributed by atoms with Crippen LogP contribution >= 0.6 is 11.6 Å². The van der Waals surface area contributed by atoms with Crippen LogP contribution in [0.25, 0.3) is 0 Å². The summed E-state index contributed by atoms with van der Waals surface area (Å²) in [5.74, 6) is -0.859. The third kappa shape index (κ3) is 4.94. The first kappa shape index (κ1) is 17.8. The van der Waals surface area contributed by atoms with Crippen molar-refractivity contribution in [2.75, 3.05) is 6.54 Å². The van der Waals surface area contributed by atoms with E-state index in [1.807, 2.05) is 32.0 Å². The molecule has 0 spiro atoms. The van der Waals surface area contributed by atoms with Crippen LogP contribution in [0, 0.1) is 5.92 Å². The molecule has 2 rings (SSSR count). The van der Waals surface area contributed by atoms with Crippen molar-refractivity contribution < 1.29 is 19.4 Å². The molecule has 2 atom stereocenters. The van der Waals surface area contributed by atoms with Crippen molar-refractivity contribution in [3.8, 4) is 0 Å². The van der Waals surface area contributed by atoms with Gasteiger partial charge in [-0.1, -0.05) is 37.6 Å². The molecule has 1 saturated heterocycles. The first-order valence-corrected chi connectivity index (χ1v) is 8.16. The van der Waals surface area contributed by atoms with Gasteiger partial charge in [0.2, 0.25) is 0 Å². The minimum Gasteiger partial charge on any atom is -0.479 e. The highest BCUT2D eigenvalue weighted by atomic mass is 35.5. The van der Waals surface area contributed by atoms with Crippen LogP contribution in [0.3, 0.4) is 0 Å². The molecule has 0 unspecified atom stereocenters. The summed E-state index contributed by atoms with van der Waals surface area (Å²) in [4.78, 5) is 25.4. The number of halogens is 1. The third-order valence-electron chi connectivity index (χ3n) is 3.73. The lowest BCUT2D eigenvalue weighted by molar-refractivity contribution is -0.155. The van der Waals surface area contributed by atoms with Crippen molar-refractivity contribution in [1.29, 1.82) is 0 Å². The predicted octanol–water partition coefficient (Wildman–Crippen LogP) is 2.96. The van der Waals surface area contributed by atoms with Crippen LogP contribution in [-0.4, -0.2) is 40.6 Å². The smallest absolute Gasteiger partial charge is 0.332 e. The number of carbonyl (C=O) groups excluding carboxylic acids is 1. The number of carbonyl (C=O) groups is 2. The molecule has 6 heteroatoms. The lowest BCUT2D eigenvalue weighted by Gasteiger charge is -2.27. The summed E-state index contributed by atoms with van der Waals surface area (Å²) in [6.45, 7) is 5.10. The normalized spacial score (nSPS) is 20.7. The number of amides is 1. The Balaban J connectivity index is 2.08. The van der Waals surface area contributed by atoms with Crippen LogP contribution in [-0.2, 0) is 20.9 Å². The average molecular weight is 340 g/mol. The molecule has 1 N–H and O–H groups in total. The number of carboxylic acid groups (broad SMARTS) is 1. The summed E-state index contributed by atoms with van der Waals surface area (Å²) < 4.78 is 5.39. The molecule has 1 heterocycles. The first-order chi connectivity index (χ1) is 10.9. The maximum Gasteiger partial charge on any atom is 0.332 e. The maximum absolute atomic E-state index is 12.7. The Hall–Kier alpha value is -1.59. The summed E-state index contributed by atoms with van der Waals surface area (Å²) in [7, 11) is 0. The fraction of sp³-hybridized carbons (Fsp3) is 0.529. The largest absolute Gasteiger partial charge is 0.479 e. The monoisotopic (exact) mass is 339 g/mol. The van der Waals surface area contributed by atoms with Crippen molar-refractivity contribution >= 4 is 23.5 Å². The zero-order valence-electron chi connectivity index (χ0n) is 13.4. The highest BCUT2D eigenvalue weighted by Gasteiger charge is 2.36. The molecular weight excluding hydrogens is 318 g/mol. The lowest BCUT2D eigenvalue weighted by Crippen LogP contribution is -2.41. The number of aliphatic carboxylic acids is 1. The zero-order chi connectivity index (χ0) is 17.0. The zero-order valence-corrected chi connectivity index (χ0v) is 14.1. The molecule has 0 saturated carbocycles. The van der Waals surface area contributed by atoms with Crippen LogP contribution in [0.2, 0.25) is 5.02 Å². The number of nitrogens with zero attached hydrogens (tertiary/aromatic N) is 1. The molecular formula is C17H22ClNO4. The molecule has 0 radical (unpaired) electrons. The SMILES string of the molecule is CC(C)CN(Cc1cccc(Cl)c1)C(=O)[C@H]1CC[C@@H](C(=O)O)O1. The number of hydrogen-bond donors (Lipinski definition) is 1. The second-order valence-corrected chi connectivity index (χ2v) is 6.71. The molecule has 0 aromatic heterocycles. The molecule has 0 bridgehead atoms. The standard InChI is InChI=1S/C17H22ClNO4/c1-11(2)9-19(10-12-4-3-5-13(18)8-12)16(20)14-6-7-15(23-14)17(21)22/h3-5,8,11,14-15H,6-7,9-10H2,1-2H3,(H,21,22)/t14-,15+/m1/s1. The quantitative estimate of drug-likeness (QED) is 0.865. The molecule has 23 heavy (non-hydrogen) atoms. The Morgan fingerprint density at radius 2 is 2.04 bits per heavy atom. The molecule has 5 nitrogen and oxygen atoms in total. The van der Waals surface area contributed by atoms with Crippen LogP contribution < -0.4 is 0 Å². The molecule has 1 aromatic rings. The van der Waals surface area contributed by atoms with Gasteiger partial charge in [-0.25, -0.2) is 4.79 Å². The molecule has 126 valence electrons. The molecule has 1 aliphatic heterocycles. The van der Waals surface area contributed by atoms with Gasteiger partial charge < -0.3 is 14.7 Å². The van der Waals surface area contributed by atoms with Gasteiger partial charge in [-0.15, -0.1) is 0 Å². The number of hydrogen-bond acceptors (Lipinski definition) is 3. The van der Waals surface area contributed by atoms with Crippen LogP contribution in [0.5, 0.6) is 0 Å². The molecule has 1 aliphatic rings. The number of rotatable bonds is 6. The Morgan fingerprint density at radius 1 is 1.35 bits per heavy atom. The Bertz CT molecular complexity index is 575. The maximum atomic E-state index is 12.7. The average Bonchev–Trinajstić information content (AvgIpc) is 2.95. The van der Waals surface area contributed by atoms with E-state index in [9.17, 15) is 9.59 Å². The minimum absolute atomic E-state index is 0.151. The van der Waals surface area contributed by atoms with Crippen molar-refractivity contribution in [1.82, 2.24) is 4.90 Å². The van der Waals surface area contributed by atoms with E-state index in [2.05, 4.69) is 0 Å². The van der Waals surface area contributed by atoms with E-state index in [1.54, 1.807) is 11.0 Å². The summed E-state index contributed by atoms with van der Waals surface area (Å²) in [6.07, 6.45) is -0.733. The van der Waals surface area contributed by atoms with Gasteiger partial charge in [0.05, 0.1) is 0 Å². The molecule has 0 aliphatic carbocycles. The number of benzene rings is 1. The summed E-state index contributed by atoms with van der Waals surface area (Å²) >= 11 is 6.00. The predicted molar refractivity (Wildman–Crippen MR) is 87.2 cm³/mol. The van der Waals surface area contributed by atoms with E-state index in [0.29, 0.717) is 36.9 Å². The molecule has 1 fully saturated rings. The van der Waals surface area contributed by atoms with E-state index < -0.39 is 18.2 Å². The topological polar surface area (TPSA) is 66.8 Å². The van der Waals surface area contributed by atoms with Gasteiger partial charge in [-0.3, -0.25) is 4.79 Å². The minimum atomic E-state index is -1.01. The second kappa shape index (κ2) is 7.79. The fourth-order valence-electron chi connectivity index (χ4n) is 2.73. The highest BCUT2D eigenvalue weighted by Crippen LogP contribution is 2.23. The van der Waals surface area contributed by atoms with Gasteiger partial charge in [0.1, 0.15) is 6.10 Å². The van der Waals surface area contributed by atoms with Gasteiger partial charge in [-0.05, 0) is 36.5 Å². The third-order valence-corrected chi connectivity index (χ3v) is 3.97. The van der Waals surface area contributed by atoms with E-state index in [4.69, 9.17) is 21.4 Å². The van der Waals surface area contributed by atoms with Crippen molar-refractivity contribution in [3.05, 3.63) is 34.9 Å². The van der Waals surface area contributed by atoms with E-state index in [-0.39, 0.29) is 5.91 Å². The molecule has 1 aromatic carbocycles. The Kier molecular flexibility index (Phi) is 6.02. The van der Waals surface area contributed by atoms with E-state index in [0.717, 1.165) is 5.56 Å². The fourth-order valence-corrected chi connectivity index (χ4v) is 2.95. The van der Waals surface area contributed by atoms with Crippen LogP contribution in [0.1, 0.15) is 32.3 Å². The van der Waals surface area contributed by atoms with Gasteiger partial charge in [0.25, 0.3) is 5.91 Å². The van der Waals surface area contributed by atoms with Gasteiger partial charge in [0, 0.05) is 18.1 Å². The molecule has 1 amide bonds. The number of carboxylic acids is 1. The van der Waals surface area contributed by atoms with Crippen molar-refractivity contribution in [3.63, 3.8) is 0 Å².